The molecule has 0 saturated heterocycles. The standard InChI is InChI=1S/C11H24ClNO2S/c1-10(12)6-5-7-13-8-9-16(14,15)11(2,3)4/h10,13H,5-9H2,1-4H3. The fourth-order valence-electron chi connectivity index (χ4n) is 1.15. The van der Waals surface area contributed by atoms with Gasteiger partial charge in [-0.3, -0.25) is 0 Å². The summed E-state index contributed by atoms with van der Waals surface area (Å²) in [5.41, 5.74) is 0. The molecule has 0 aromatic heterocycles. The number of hydrogen-bond donors (Lipinski definition) is 1. The highest BCUT2D eigenvalue weighted by atomic mass is 35.5. The number of rotatable bonds is 7. The minimum absolute atomic E-state index is 0.195. The largest absolute Gasteiger partial charge is 0.316 e. The Balaban J connectivity index is 3.68. The normalized spacial score (nSPS) is 15.1. The molecule has 0 rings (SSSR count). The van der Waals surface area contributed by atoms with Gasteiger partial charge in [-0.1, -0.05) is 0 Å². The first-order valence-electron chi connectivity index (χ1n) is 5.74. The molecule has 3 nitrogen and oxygen atoms in total. The SMILES string of the molecule is CC(Cl)CCCNCCS(=O)(=O)C(C)(C)C. The van der Waals surface area contributed by atoms with E-state index in [-0.39, 0.29) is 11.1 Å². The lowest BCUT2D eigenvalue weighted by Crippen LogP contribution is -2.35. The molecule has 0 radical (unpaired) electrons. The lowest BCUT2D eigenvalue weighted by atomic mass is 10.2. The average molecular weight is 270 g/mol. The van der Waals surface area contributed by atoms with E-state index in [2.05, 4.69) is 5.32 Å². The zero-order valence-corrected chi connectivity index (χ0v) is 12.3. The second-order valence-electron chi connectivity index (χ2n) is 5.10. The molecular formula is C11H24ClNO2S. The Hall–Kier alpha value is 0.200. The maximum absolute atomic E-state index is 11.7. The van der Waals surface area contributed by atoms with Crippen molar-refractivity contribution in [3.8, 4) is 0 Å². The third-order valence-electron chi connectivity index (χ3n) is 2.44. The minimum atomic E-state index is -2.99. The Bertz CT molecular complexity index is 281. The Labute approximate surface area is 105 Å². The summed E-state index contributed by atoms with van der Waals surface area (Å²) in [4.78, 5) is 0. The monoisotopic (exact) mass is 269 g/mol. The van der Waals surface area contributed by atoms with Crippen LogP contribution in [0, 0.1) is 0 Å². The van der Waals surface area contributed by atoms with E-state index >= 15 is 0 Å². The molecule has 0 aliphatic heterocycles. The van der Waals surface area contributed by atoms with E-state index in [0.29, 0.717) is 6.54 Å². The van der Waals surface area contributed by atoms with Crippen LogP contribution >= 0.6 is 11.6 Å². The van der Waals surface area contributed by atoms with Crippen LogP contribution in [0.25, 0.3) is 0 Å². The van der Waals surface area contributed by atoms with Crippen LogP contribution in [0.2, 0.25) is 0 Å². The van der Waals surface area contributed by atoms with E-state index < -0.39 is 14.6 Å². The quantitative estimate of drug-likeness (QED) is 0.569. The molecule has 0 amide bonds. The van der Waals surface area contributed by atoms with Gasteiger partial charge in [-0.05, 0) is 47.1 Å². The van der Waals surface area contributed by atoms with Crippen LogP contribution in [0.3, 0.4) is 0 Å². The number of alkyl halides is 1. The Kier molecular flexibility index (Phi) is 6.90. The molecule has 0 saturated carbocycles. The van der Waals surface area contributed by atoms with E-state index in [1.54, 1.807) is 20.8 Å². The molecule has 5 heteroatoms. The van der Waals surface area contributed by atoms with Gasteiger partial charge in [0.05, 0.1) is 10.5 Å². The van der Waals surface area contributed by atoms with Crippen LogP contribution in [0.4, 0.5) is 0 Å². The summed E-state index contributed by atoms with van der Waals surface area (Å²) in [6, 6.07) is 0. The summed E-state index contributed by atoms with van der Waals surface area (Å²) in [5, 5.41) is 3.33. The average Bonchev–Trinajstić information content (AvgIpc) is 2.08. The van der Waals surface area contributed by atoms with Crippen molar-refractivity contribution >= 4 is 21.4 Å². The third kappa shape index (κ3) is 6.71. The van der Waals surface area contributed by atoms with Crippen LogP contribution < -0.4 is 5.32 Å². The second kappa shape index (κ2) is 6.82. The van der Waals surface area contributed by atoms with Gasteiger partial charge in [0.2, 0.25) is 0 Å². The zero-order valence-electron chi connectivity index (χ0n) is 10.7. The van der Waals surface area contributed by atoms with Crippen molar-refractivity contribution in [1.82, 2.24) is 5.32 Å². The fourth-order valence-corrected chi connectivity index (χ4v) is 2.33. The fraction of sp³-hybridized carbons (Fsp3) is 1.00. The van der Waals surface area contributed by atoms with Gasteiger partial charge in [-0.15, -0.1) is 11.6 Å². The summed E-state index contributed by atoms with van der Waals surface area (Å²) in [6.45, 7) is 8.52. The summed E-state index contributed by atoms with van der Waals surface area (Å²) in [7, 11) is -2.99. The first-order valence-corrected chi connectivity index (χ1v) is 7.83. The van der Waals surface area contributed by atoms with Gasteiger partial charge in [-0.25, -0.2) is 8.42 Å². The van der Waals surface area contributed by atoms with Gasteiger partial charge in [0.1, 0.15) is 0 Å². The van der Waals surface area contributed by atoms with Crippen molar-refractivity contribution in [2.24, 2.45) is 0 Å². The Morgan fingerprint density at radius 2 is 1.81 bits per heavy atom. The van der Waals surface area contributed by atoms with Crippen LogP contribution in [0.15, 0.2) is 0 Å². The smallest absolute Gasteiger partial charge is 0.156 e. The molecule has 0 bridgehead atoms. The minimum Gasteiger partial charge on any atom is -0.316 e. The molecule has 1 N–H and O–H groups in total. The molecule has 1 atom stereocenters. The van der Waals surface area contributed by atoms with Gasteiger partial charge < -0.3 is 5.32 Å². The molecule has 0 aromatic rings. The number of nitrogens with one attached hydrogen (secondary N) is 1. The van der Waals surface area contributed by atoms with Crippen molar-refractivity contribution in [3.63, 3.8) is 0 Å². The van der Waals surface area contributed by atoms with Crippen LogP contribution in [-0.4, -0.2) is 37.4 Å². The molecule has 0 aromatic carbocycles. The lowest BCUT2D eigenvalue weighted by Gasteiger charge is -2.19. The predicted molar refractivity (Wildman–Crippen MR) is 71.0 cm³/mol. The highest BCUT2D eigenvalue weighted by Gasteiger charge is 2.27. The first-order chi connectivity index (χ1) is 7.17. The van der Waals surface area contributed by atoms with Crippen molar-refractivity contribution in [1.29, 1.82) is 0 Å². The molecule has 0 aliphatic rings. The molecule has 1 unspecified atom stereocenters. The summed E-state index contributed by atoms with van der Waals surface area (Å²) in [5.74, 6) is 0.201. The zero-order chi connectivity index (χ0) is 12.8. The molecular weight excluding hydrogens is 246 g/mol. The highest BCUT2D eigenvalue weighted by Crippen LogP contribution is 2.15. The first kappa shape index (κ1) is 16.2. The number of hydrogen-bond acceptors (Lipinski definition) is 3. The van der Waals surface area contributed by atoms with Crippen molar-refractivity contribution in [3.05, 3.63) is 0 Å². The van der Waals surface area contributed by atoms with E-state index in [0.717, 1.165) is 19.4 Å². The van der Waals surface area contributed by atoms with Crippen LogP contribution in [-0.2, 0) is 9.84 Å². The van der Waals surface area contributed by atoms with Gasteiger partial charge in [-0.2, -0.15) is 0 Å². The predicted octanol–water partition coefficient (Wildman–Crippen LogP) is 2.20. The highest BCUT2D eigenvalue weighted by molar-refractivity contribution is 7.92. The van der Waals surface area contributed by atoms with Crippen LogP contribution in [0.1, 0.15) is 40.5 Å². The molecule has 0 aliphatic carbocycles. The van der Waals surface area contributed by atoms with E-state index in [1.807, 2.05) is 6.92 Å². The molecule has 0 spiro atoms. The number of halogens is 1. The van der Waals surface area contributed by atoms with Crippen LogP contribution in [0.5, 0.6) is 0 Å². The Morgan fingerprint density at radius 3 is 2.25 bits per heavy atom. The van der Waals surface area contributed by atoms with E-state index in [1.165, 1.54) is 0 Å². The summed E-state index contributed by atoms with van der Waals surface area (Å²) >= 11 is 5.80. The van der Waals surface area contributed by atoms with Gasteiger partial charge in [0.15, 0.2) is 9.84 Å². The van der Waals surface area contributed by atoms with Crippen molar-refractivity contribution < 1.29 is 8.42 Å². The van der Waals surface area contributed by atoms with E-state index in [4.69, 9.17) is 11.6 Å². The molecule has 98 valence electrons. The maximum atomic E-state index is 11.7. The summed E-state index contributed by atoms with van der Waals surface area (Å²) < 4.78 is 22.8. The van der Waals surface area contributed by atoms with Crippen molar-refractivity contribution in [2.45, 2.75) is 50.7 Å². The second-order valence-corrected chi connectivity index (χ2v) is 8.71. The lowest BCUT2D eigenvalue weighted by molar-refractivity contribution is 0.554. The van der Waals surface area contributed by atoms with E-state index in [9.17, 15) is 8.42 Å². The maximum Gasteiger partial charge on any atom is 0.156 e. The summed E-state index contributed by atoms with van der Waals surface area (Å²) in [6.07, 6.45) is 1.95. The third-order valence-corrected chi connectivity index (χ3v) is 5.26. The molecule has 0 fully saturated rings. The van der Waals surface area contributed by atoms with Gasteiger partial charge in [0, 0.05) is 11.9 Å². The topological polar surface area (TPSA) is 46.2 Å². The van der Waals surface area contributed by atoms with Gasteiger partial charge in [0.25, 0.3) is 0 Å². The number of sulfone groups is 1. The molecule has 16 heavy (non-hydrogen) atoms. The van der Waals surface area contributed by atoms with Crippen molar-refractivity contribution in [2.75, 3.05) is 18.8 Å². The molecule has 0 heterocycles. The van der Waals surface area contributed by atoms with Gasteiger partial charge >= 0.3 is 0 Å². The Morgan fingerprint density at radius 1 is 1.25 bits per heavy atom.